The number of carbonyl (C=O) groups excluding carboxylic acids is 2. The van der Waals surface area contributed by atoms with E-state index in [1.807, 2.05) is 121 Å². The molecule has 36 heavy (non-hydrogen) atoms. The van der Waals surface area contributed by atoms with Gasteiger partial charge in [-0.2, -0.15) is 0 Å². The number of benzene rings is 4. The summed E-state index contributed by atoms with van der Waals surface area (Å²) in [6, 6.07) is 39.9. The van der Waals surface area contributed by atoms with Crippen molar-refractivity contribution >= 4 is 11.9 Å². The summed E-state index contributed by atoms with van der Waals surface area (Å²) in [4.78, 5) is 24.9. The molecule has 0 spiro atoms. The van der Waals surface area contributed by atoms with Crippen molar-refractivity contribution in [1.82, 2.24) is 5.32 Å². The van der Waals surface area contributed by atoms with E-state index >= 15 is 0 Å². The number of nitrogens with one attached hydrogen (secondary N) is 1. The highest BCUT2D eigenvalue weighted by Gasteiger charge is 2.17. The fourth-order valence-electron chi connectivity index (χ4n) is 4.17. The van der Waals surface area contributed by atoms with Crippen LogP contribution in [0.25, 0.3) is 0 Å². The monoisotopic (exact) mass is 475 g/mol. The Morgan fingerprint density at radius 1 is 0.583 bits per heavy atom. The highest BCUT2D eigenvalue weighted by Crippen LogP contribution is 2.25. The summed E-state index contributed by atoms with van der Waals surface area (Å²) in [5.41, 5.74) is 4.35. The minimum Gasteiger partial charge on any atom is -0.462 e. The smallest absolute Gasteiger partial charge is 0.330 e. The molecule has 4 rings (SSSR count). The van der Waals surface area contributed by atoms with Crippen LogP contribution in [0.1, 0.15) is 34.1 Å². The number of hydrogen-bond donors (Lipinski definition) is 1. The first-order valence-corrected chi connectivity index (χ1v) is 12.0. The maximum Gasteiger partial charge on any atom is 0.330 e. The van der Waals surface area contributed by atoms with Gasteiger partial charge in [0.25, 0.3) is 0 Å². The molecule has 1 N–H and O–H groups in total. The Morgan fingerprint density at radius 3 is 1.39 bits per heavy atom. The number of amides is 1. The summed E-state index contributed by atoms with van der Waals surface area (Å²) in [7, 11) is 0. The Balaban J connectivity index is 1.35. The second-order valence-electron chi connectivity index (χ2n) is 8.46. The van der Waals surface area contributed by atoms with Crippen molar-refractivity contribution in [1.29, 1.82) is 0 Å². The van der Waals surface area contributed by atoms with Gasteiger partial charge >= 0.3 is 5.97 Å². The predicted molar refractivity (Wildman–Crippen MR) is 143 cm³/mol. The third kappa shape index (κ3) is 7.03. The molecule has 0 bridgehead atoms. The van der Waals surface area contributed by atoms with Crippen molar-refractivity contribution in [2.45, 2.75) is 11.8 Å². The van der Waals surface area contributed by atoms with E-state index in [9.17, 15) is 9.59 Å². The molecule has 0 aromatic heterocycles. The van der Waals surface area contributed by atoms with E-state index in [-0.39, 0.29) is 24.3 Å². The topological polar surface area (TPSA) is 55.4 Å². The maximum atomic E-state index is 12.5. The molecule has 4 heteroatoms. The van der Waals surface area contributed by atoms with Crippen LogP contribution in [0.5, 0.6) is 0 Å². The molecule has 0 atom stereocenters. The van der Waals surface area contributed by atoms with Crippen LogP contribution in [-0.4, -0.2) is 25.0 Å². The summed E-state index contributed by atoms with van der Waals surface area (Å²) in [6.07, 6.45) is 2.41. The average Bonchev–Trinajstić information content (AvgIpc) is 2.94. The second-order valence-corrected chi connectivity index (χ2v) is 8.46. The minimum atomic E-state index is -0.551. The molecule has 0 saturated carbocycles. The van der Waals surface area contributed by atoms with Crippen LogP contribution >= 0.6 is 0 Å². The van der Waals surface area contributed by atoms with E-state index in [0.717, 1.165) is 22.3 Å². The van der Waals surface area contributed by atoms with Gasteiger partial charge < -0.3 is 10.1 Å². The first-order valence-electron chi connectivity index (χ1n) is 12.0. The van der Waals surface area contributed by atoms with E-state index in [0.29, 0.717) is 6.54 Å². The van der Waals surface area contributed by atoms with Crippen molar-refractivity contribution in [3.05, 3.63) is 156 Å². The van der Waals surface area contributed by atoms with Gasteiger partial charge in [-0.05, 0) is 22.3 Å². The Hall–Kier alpha value is -4.44. The molecule has 0 saturated heterocycles. The summed E-state index contributed by atoms with van der Waals surface area (Å²) in [6.45, 7) is 0.596. The third-order valence-electron chi connectivity index (χ3n) is 6.05. The van der Waals surface area contributed by atoms with Crippen molar-refractivity contribution in [2.24, 2.45) is 0 Å². The summed E-state index contributed by atoms with van der Waals surface area (Å²) in [5, 5.41) is 2.92. The largest absolute Gasteiger partial charge is 0.462 e. The molecular formula is C32H29NO3. The normalized spacial score (nSPS) is 11.1. The number of rotatable bonds is 10. The zero-order valence-corrected chi connectivity index (χ0v) is 20.0. The Kier molecular flexibility index (Phi) is 8.82. The Labute approximate surface area is 212 Å². The van der Waals surface area contributed by atoms with Crippen LogP contribution in [0.15, 0.2) is 133 Å². The molecule has 0 aliphatic carbocycles. The Morgan fingerprint density at radius 2 is 0.972 bits per heavy atom. The molecule has 0 aliphatic heterocycles. The van der Waals surface area contributed by atoms with Gasteiger partial charge in [0.2, 0.25) is 5.91 Å². The average molecular weight is 476 g/mol. The first kappa shape index (κ1) is 24.7. The SMILES string of the molecule is O=C(/C=C/C(=O)OCC(c1ccccc1)c1ccccc1)NCC(c1ccccc1)c1ccccc1. The zero-order chi connectivity index (χ0) is 25.0. The highest BCUT2D eigenvalue weighted by molar-refractivity contribution is 5.94. The summed E-state index contributed by atoms with van der Waals surface area (Å²) in [5.74, 6) is -0.971. The van der Waals surface area contributed by atoms with Crippen LogP contribution < -0.4 is 5.32 Å². The summed E-state index contributed by atoms with van der Waals surface area (Å²) >= 11 is 0. The lowest BCUT2D eigenvalue weighted by molar-refractivity contribution is -0.138. The standard InChI is InChI=1S/C32H29NO3/c34-31(33-23-29(25-13-5-1-6-14-25)26-15-7-2-8-16-26)21-22-32(35)36-24-30(27-17-9-3-10-18-27)28-19-11-4-12-20-28/h1-22,29-30H,23-24H2,(H,33,34)/b22-21+. The lowest BCUT2D eigenvalue weighted by Gasteiger charge is -2.18. The van der Waals surface area contributed by atoms with Crippen LogP contribution in [-0.2, 0) is 14.3 Å². The fraction of sp³-hybridized carbons (Fsp3) is 0.125. The molecule has 1 amide bonds. The van der Waals surface area contributed by atoms with Crippen molar-refractivity contribution < 1.29 is 14.3 Å². The van der Waals surface area contributed by atoms with Gasteiger partial charge in [0.05, 0.1) is 0 Å². The molecule has 180 valence electrons. The van der Waals surface area contributed by atoms with Crippen LogP contribution in [0.2, 0.25) is 0 Å². The molecule has 0 heterocycles. The number of carbonyl (C=O) groups is 2. The van der Waals surface area contributed by atoms with Gasteiger partial charge in [-0.3, -0.25) is 4.79 Å². The van der Waals surface area contributed by atoms with E-state index in [2.05, 4.69) is 5.32 Å². The Bertz CT molecular complexity index is 1080. The molecule has 0 unspecified atom stereocenters. The number of hydrogen-bond acceptors (Lipinski definition) is 3. The van der Waals surface area contributed by atoms with Crippen molar-refractivity contribution in [3.63, 3.8) is 0 Å². The second kappa shape index (κ2) is 12.9. The minimum absolute atomic E-state index is 0.00852. The van der Waals surface area contributed by atoms with E-state index in [1.54, 1.807) is 0 Å². The van der Waals surface area contributed by atoms with Gasteiger partial charge in [0.1, 0.15) is 6.61 Å². The molecule has 0 fully saturated rings. The molecule has 4 nitrogen and oxygen atoms in total. The summed E-state index contributed by atoms with van der Waals surface area (Å²) < 4.78 is 5.52. The lowest BCUT2D eigenvalue weighted by atomic mass is 9.91. The molecule has 4 aromatic rings. The molecule has 0 aliphatic rings. The number of esters is 1. The van der Waals surface area contributed by atoms with Gasteiger partial charge in [-0.25, -0.2) is 4.79 Å². The van der Waals surface area contributed by atoms with E-state index < -0.39 is 5.97 Å². The molecule has 4 aromatic carbocycles. The quantitative estimate of drug-likeness (QED) is 0.231. The van der Waals surface area contributed by atoms with Crippen LogP contribution in [0.4, 0.5) is 0 Å². The van der Waals surface area contributed by atoms with E-state index in [1.165, 1.54) is 12.2 Å². The van der Waals surface area contributed by atoms with Crippen molar-refractivity contribution in [2.75, 3.05) is 13.2 Å². The first-order chi connectivity index (χ1) is 17.7. The van der Waals surface area contributed by atoms with Crippen molar-refractivity contribution in [3.8, 4) is 0 Å². The van der Waals surface area contributed by atoms with Crippen LogP contribution in [0.3, 0.4) is 0 Å². The van der Waals surface area contributed by atoms with Gasteiger partial charge in [-0.1, -0.05) is 121 Å². The van der Waals surface area contributed by atoms with Gasteiger partial charge in [0, 0.05) is 30.5 Å². The fourth-order valence-corrected chi connectivity index (χ4v) is 4.17. The van der Waals surface area contributed by atoms with E-state index in [4.69, 9.17) is 4.74 Å². The van der Waals surface area contributed by atoms with Crippen LogP contribution in [0, 0.1) is 0 Å². The molecule has 0 radical (unpaired) electrons. The third-order valence-corrected chi connectivity index (χ3v) is 6.05. The predicted octanol–water partition coefficient (Wildman–Crippen LogP) is 5.87. The lowest BCUT2D eigenvalue weighted by Crippen LogP contribution is -2.27. The van der Waals surface area contributed by atoms with Gasteiger partial charge in [-0.15, -0.1) is 0 Å². The maximum absolute atomic E-state index is 12.5. The highest BCUT2D eigenvalue weighted by atomic mass is 16.5. The van der Waals surface area contributed by atoms with Gasteiger partial charge in [0.15, 0.2) is 0 Å². The molecular weight excluding hydrogens is 446 g/mol. The zero-order valence-electron chi connectivity index (χ0n) is 20.0. The number of ether oxygens (including phenoxy) is 1.